The number of benzene rings is 4. The van der Waals surface area contributed by atoms with Gasteiger partial charge in [-0.1, -0.05) is 72.8 Å². The predicted molar refractivity (Wildman–Crippen MR) is 146 cm³/mol. The molecule has 0 saturated carbocycles. The minimum absolute atomic E-state index is 0.223. The zero-order chi connectivity index (χ0) is 22.8. The lowest BCUT2D eigenvalue weighted by atomic mass is 9.60. The van der Waals surface area contributed by atoms with E-state index in [0.29, 0.717) is 0 Å². The molecule has 2 heterocycles. The third kappa shape index (κ3) is 2.76. The Bertz CT molecular complexity index is 1660. The number of hydrogen-bond donors (Lipinski definition) is 2. The largest absolute Gasteiger partial charge is 0.410 e. The van der Waals surface area contributed by atoms with Crippen LogP contribution in [0.15, 0.2) is 103 Å². The van der Waals surface area contributed by atoms with E-state index >= 15 is 0 Å². The van der Waals surface area contributed by atoms with Crippen LogP contribution in [0.5, 0.6) is 0 Å². The lowest BCUT2D eigenvalue weighted by Gasteiger charge is -2.28. The molecule has 7 rings (SSSR count). The van der Waals surface area contributed by atoms with Crippen molar-refractivity contribution in [2.75, 3.05) is 5.23 Å². The van der Waals surface area contributed by atoms with Crippen molar-refractivity contribution < 1.29 is 0 Å². The Morgan fingerprint density at radius 1 is 0.765 bits per heavy atom. The molecule has 4 heteroatoms. The minimum Gasteiger partial charge on any atom is -0.410 e. The average molecular weight is 437 g/mol. The molecule has 4 aromatic carbocycles. The first kappa shape index (κ1) is 19.5. The van der Waals surface area contributed by atoms with Crippen LogP contribution in [0, 0.1) is 0 Å². The summed E-state index contributed by atoms with van der Waals surface area (Å²) in [6.07, 6.45) is 8.68. The van der Waals surface area contributed by atoms with Gasteiger partial charge in [0.25, 0.3) is 0 Å². The number of hydrogen-bond acceptors (Lipinski definition) is 2. The lowest BCUT2D eigenvalue weighted by molar-refractivity contribution is 1.01. The zero-order valence-corrected chi connectivity index (χ0v) is 19.0. The summed E-state index contributed by atoms with van der Waals surface area (Å²) in [5, 5.41) is 6.12. The molecule has 2 aliphatic rings. The van der Waals surface area contributed by atoms with Crippen LogP contribution in [0.3, 0.4) is 0 Å². The van der Waals surface area contributed by atoms with E-state index in [1.54, 1.807) is 0 Å². The van der Waals surface area contributed by atoms with Crippen molar-refractivity contribution in [3.8, 4) is 22.3 Å². The number of nitrogens with two attached hydrogens (primary N) is 1. The van der Waals surface area contributed by atoms with E-state index < -0.39 is 0 Å². The van der Waals surface area contributed by atoms with Crippen molar-refractivity contribution in [2.45, 2.75) is 5.92 Å². The molecular weight excluding hydrogens is 413 g/mol. The molecule has 0 atom stereocenters. The van der Waals surface area contributed by atoms with Gasteiger partial charge in [0.1, 0.15) is 0 Å². The number of nitrogens with zero attached hydrogens (tertiary/aromatic N) is 1. The molecular formula is C30H24BN3. The molecule has 0 fully saturated rings. The Morgan fingerprint density at radius 2 is 1.53 bits per heavy atom. The van der Waals surface area contributed by atoms with Crippen molar-refractivity contribution >= 4 is 39.9 Å². The summed E-state index contributed by atoms with van der Waals surface area (Å²) >= 11 is 0. The van der Waals surface area contributed by atoms with E-state index in [4.69, 9.17) is 5.64 Å². The highest BCUT2D eigenvalue weighted by molar-refractivity contribution is 6.76. The second-order valence-corrected chi connectivity index (χ2v) is 9.29. The molecule has 0 amide bonds. The van der Waals surface area contributed by atoms with Gasteiger partial charge in [-0.15, -0.1) is 0 Å². The predicted octanol–water partition coefficient (Wildman–Crippen LogP) is 5.95. The van der Waals surface area contributed by atoms with Crippen LogP contribution in [0.4, 0.5) is 5.69 Å². The molecule has 34 heavy (non-hydrogen) atoms. The van der Waals surface area contributed by atoms with E-state index in [-0.39, 0.29) is 12.9 Å². The Labute approximate surface area is 199 Å². The highest BCUT2D eigenvalue weighted by Gasteiger charge is 2.29. The molecule has 1 aliphatic heterocycles. The highest BCUT2D eigenvalue weighted by atomic mass is 14.9. The first-order valence-electron chi connectivity index (χ1n) is 11.8. The zero-order valence-electron chi connectivity index (χ0n) is 19.0. The van der Waals surface area contributed by atoms with E-state index in [1.165, 1.54) is 55.1 Å². The van der Waals surface area contributed by atoms with Crippen LogP contribution < -0.4 is 16.3 Å². The molecule has 0 saturated heterocycles. The fourth-order valence-corrected chi connectivity index (χ4v) is 5.75. The van der Waals surface area contributed by atoms with Crippen LogP contribution in [-0.4, -0.2) is 11.5 Å². The number of fused-ring (bicyclic) bond motifs is 6. The highest BCUT2D eigenvalue weighted by Crippen LogP contribution is 2.38. The van der Waals surface area contributed by atoms with E-state index in [9.17, 15) is 0 Å². The maximum Gasteiger partial charge on any atom is 0.371 e. The summed E-state index contributed by atoms with van der Waals surface area (Å²) in [6, 6.07) is 28.7. The van der Waals surface area contributed by atoms with Gasteiger partial charge in [-0.2, -0.15) is 0 Å². The monoisotopic (exact) mass is 437 g/mol. The van der Waals surface area contributed by atoms with Gasteiger partial charge in [0.05, 0.1) is 0 Å². The Kier molecular flexibility index (Phi) is 4.14. The molecule has 1 aliphatic carbocycles. The standard InChI is InChI=1S/C30H24BN3/c1-34-28-12-5-4-9-23(28)26-18-21(14-16-29(26)34)20-13-15-27-25(17-20)24-11-6-10-22(19-7-2-3-8-19)30(24)31(32)33-27/h2-19,33H,32H2,1H3. The molecule has 5 aromatic rings. The van der Waals surface area contributed by atoms with Gasteiger partial charge in [-0.05, 0) is 58.0 Å². The van der Waals surface area contributed by atoms with Crippen LogP contribution in [0.25, 0.3) is 44.1 Å². The smallest absolute Gasteiger partial charge is 0.371 e. The second-order valence-electron chi connectivity index (χ2n) is 9.29. The van der Waals surface area contributed by atoms with Gasteiger partial charge >= 0.3 is 6.98 Å². The van der Waals surface area contributed by atoms with Crippen LogP contribution in [0.1, 0.15) is 11.5 Å². The number of aromatic nitrogens is 1. The third-order valence-electron chi connectivity index (χ3n) is 7.43. The van der Waals surface area contributed by atoms with Gasteiger partial charge < -0.3 is 15.4 Å². The second kappa shape index (κ2) is 7.24. The van der Waals surface area contributed by atoms with Gasteiger partial charge in [0.15, 0.2) is 0 Å². The number of anilines is 1. The van der Waals surface area contributed by atoms with Crippen molar-refractivity contribution in [3.63, 3.8) is 0 Å². The molecule has 0 bridgehead atoms. The summed E-state index contributed by atoms with van der Waals surface area (Å²) in [5.74, 6) is 0.279. The summed E-state index contributed by atoms with van der Waals surface area (Å²) in [4.78, 5) is 0. The fraction of sp³-hybridized carbons (Fsp3) is 0.0667. The van der Waals surface area contributed by atoms with Crippen molar-refractivity contribution in [3.05, 3.63) is 109 Å². The van der Waals surface area contributed by atoms with Gasteiger partial charge in [-0.3, -0.25) is 0 Å². The normalized spacial score (nSPS) is 14.6. The first-order valence-corrected chi connectivity index (χ1v) is 11.8. The Morgan fingerprint density at radius 3 is 2.41 bits per heavy atom. The van der Waals surface area contributed by atoms with Crippen molar-refractivity contribution in [1.29, 1.82) is 0 Å². The maximum absolute atomic E-state index is 6.63. The van der Waals surface area contributed by atoms with Crippen LogP contribution in [-0.2, 0) is 7.05 Å². The molecule has 3 N–H and O–H groups in total. The first-order chi connectivity index (χ1) is 16.7. The summed E-state index contributed by atoms with van der Waals surface area (Å²) in [5.41, 5.74) is 17.6. The number of allylic oxidation sites excluding steroid dienone is 4. The summed E-state index contributed by atoms with van der Waals surface area (Å²) in [6.45, 7) is -0.223. The van der Waals surface area contributed by atoms with Crippen LogP contribution >= 0.6 is 0 Å². The van der Waals surface area contributed by atoms with Crippen molar-refractivity contribution in [1.82, 2.24) is 4.57 Å². The van der Waals surface area contributed by atoms with Crippen LogP contribution in [0.2, 0.25) is 0 Å². The SMILES string of the molecule is Cn1c2ccccc2c2cc(-c3ccc4c(c3)-c3cccc(C5C=CC=C5)c3B(N)N4)ccc21. The maximum atomic E-state index is 6.63. The summed E-state index contributed by atoms with van der Waals surface area (Å²) in [7, 11) is 2.14. The van der Waals surface area contributed by atoms with Gasteiger partial charge in [0.2, 0.25) is 0 Å². The van der Waals surface area contributed by atoms with E-state index in [0.717, 1.165) is 5.69 Å². The minimum atomic E-state index is -0.223. The van der Waals surface area contributed by atoms with Gasteiger partial charge in [-0.25, -0.2) is 0 Å². The molecule has 162 valence electrons. The molecule has 0 radical (unpaired) electrons. The van der Waals surface area contributed by atoms with E-state index in [1.807, 2.05) is 0 Å². The summed E-state index contributed by atoms with van der Waals surface area (Å²) < 4.78 is 2.27. The number of aryl methyl sites for hydroxylation is 1. The van der Waals surface area contributed by atoms with Gasteiger partial charge in [0, 0.05) is 46.0 Å². The molecule has 0 unspecified atom stereocenters. The number of rotatable bonds is 2. The Hall–Kier alpha value is -4.02. The molecule has 1 aromatic heterocycles. The topological polar surface area (TPSA) is 43.0 Å². The molecule has 3 nitrogen and oxygen atoms in total. The Balaban J connectivity index is 1.40. The fourth-order valence-electron chi connectivity index (χ4n) is 5.75. The lowest BCUT2D eigenvalue weighted by Crippen LogP contribution is -2.52. The number of nitrogens with one attached hydrogen (secondary N) is 1. The third-order valence-corrected chi connectivity index (χ3v) is 7.43. The quantitative estimate of drug-likeness (QED) is 0.335. The van der Waals surface area contributed by atoms with E-state index in [2.05, 4.69) is 120 Å². The average Bonchev–Trinajstić information content (AvgIpc) is 3.51. The number of para-hydroxylation sites is 1. The molecule has 0 spiro atoms. The van der Waals surface area contributed by atoms with Crippen molar-refractivity contribution in [2.24, 2.45) is 12.7 Å².